The molecule has 0 aromatic heterocycles. The highest BCUT2D eigenvalue weighted by Crippen LogP contribution is 2.34. The molecule has 1 aliphatic rings. The molecule has 0 atom stereocenters. The lowest BCUT2D eigenvalue weighted by molar-refractivity contribution is 0.156. The van der Waals surface area contributed by atoms with Crippen molar-refractivity contribution in [1.82, 2.24) is 4.90 Å². The van der Waals surface area contributed by atoms with Crippen LogP contribution >= 0.6 is 44.3 Å². The Hall–Kier alpha value is 0.230. The summed E-state index contributed by atoms with van der Waals surface area (Å²) in [5.41, 5.74) is 1.24. The van der Waals surface area contributed by atoms with E-state index < -0.39 is 0 Å². The van der Waals surface area contributed by atoms with Crippen LogP contribution in [0.25, 0.3) is 0 Å². The monoisotopic (exact) mass is 425 g/mol. The van der Waals surface area contributed by atoms with Crippen molar-refractivity contribution in [2.75, 3.05) is 6.54 Å². The number of rotatable bonds is 4. The summed E-state index contributed by atoms with van der Waals surface area (Å²) in [6.45, 7) is 4.28. The van der Waals surface area contributed by atoms with E-state index in [4.69, 9.17) is 0 Å². The quantitative estimate of drug-likeness (QED) is 0.686. The summed E-state index contributed by atoms with van der Waals surface area (Å²) in [6.07, 6.45) is 6.78. The van der Waals surface area contributed by atoms with Gasteiger partial charge in [0.05, 0.1) is 8.95 Å². The minimum Gasteiger partial charge on any atom is -0.506 e. The third kappa shape index (κ3) is 4.62. The van der Waals surface area contributed by atoms with Gasteiger partial charge in [-0.05, 0) is 68.9 Å². The van der Waals surface area contributed by atoms with Crippen LogP contribution in [0, 0.1) is 0 Å². The van der Waals surface area contributed by atoms with E-state index in [1.54, 1.807) is 0 Å². The highest BCUT2D eigenvalue weighted by molar-refractivity contribution is 9.11. The SMILES string of the molecule is CCN(Cc1cc(Br)c(O)c(Br)c1)C1CCCCC1.Cl. The fourth-order valence-electron chi connectivity index (χ4n) is 2.89. The van der Waals surface area contributed by atoms with E-state index in [0.717, 1.165) is 28.1 Å². The van der Waals surface area contributed by atoms with Crippen molar-refractivity contribution in [3.8, 4) is 5.75 Å². The summed E-state index contributed by atoms with van der Waals surface area (Å²) in [6, 6.07) is 4.77. The average molecular weight is 428 g/mol. The van der Waals surface area contributed by atoms with Crippen LogP contribution < -0.4 is 0 Å². The van der Waals surface area contributed by atoms with Gasteiger partial charge < -0.3 is 5.11 Å². The van der Waals surface area contributed by atoms with Gasteiger partial charge in [-0.1, -0.05) is 26.2 Å². The first-order valence-corrected chi connectivity index (χ1v) is 8.61. The molecule has 0 spiro atoms. The highest BCUT2D eigenvalue weighted by Gasteiger charge is 2.20. The molecule has 0 aliphatic heterocycles. The predicted octanol–water partition coefficient (Wildman–Crippen LogP) is 5.49. The topological polar surface area (TPSA) is 23.5 Å². The summed E-state index contributed by atoms with van der Waals surface area (Å²) in [5, 5.41) is 9.76. The van der Waals surface area contributed by atoms with E-state index >= 15 is 0 Å². The molecule has 1 aromatic rings. The standard InChI is InChI=1S/C15H21Br2NO.ClH/c1-2-18(12-6-4-3-5-7-12)10-11-8-13(16)15(19)14(17)9-11;/h8-9,12,19H,2-7,10H2,1H3;1H. The van der Waals surface area contributed by atoms with Crippen molar-refractivity contribution < 1.29 is 5.11 Å². The first-order valence-electron chi connectivity index (χ1n) is 7.02. The minimum atomic E-state index is 0. The average Bonchev–Trinajstić information content (AvgIpc) is 2.43. The smallest absolute Gasteiger partial charge is 0.143 e. The Bertz CT molecular complexity index is 413. The van der Waals surface area contributed by atoms with Gasteiger partial charge >= 0.3 is 0 Å². The molecule has 1 aliphatic carbocycles. The summed E-state index contributed by atoms with van der Waals surface area (Å²) >= 11 is 6.81. The molecule has 0 heterocycles. The predicted molar refractivity (Wildman–Crippen MR) is 93.7 cm³/mol. The molecular formula is C15H22Br2ClNO. The van der Waals surface area contributed by atoms with Crippen LogP contribution in [0.15, 0.2) is 21.1 Å². The van der Waals surface area contributed by atoms with Crippen molar-refractivity contribution in [1.29, 1.82) is 0 Å². The van der Waals surface area contributed by atoms with E-state index in [1.807, 2.05) is 12.1 Å². The Balaban J connectivity index is 0.00000200. The second-order valence-electron chi connectivity index (χ2n) is 5.26. The molecule has 1 fully saturated rings. The number of nitrogens with zero attached hydrogens (tertiary/aromatic N) is 1. The van der Waals surface area contributed by atoms with Crippen molar-refractivity contribution in [3.05, 3.63) is 26.6 Å². The number of benzene rings is 1. The van der Waals surface area contributed by atoms with Crippen molar-refractivity contribution in [2.45, 2.75) is 51.6 Å². The van der Waals surface area contributed by atoms with Crippen LogP contribution in [0.4, 0.5) is 0 Å². The summed E-state index contributed by atoms with van der Waals surface area (Å²) in [7, 11) is 0. The highest BCUT2D eigenvalue weighted by atomic mass is 79.9. The van der Waals surface area contributed by atoms with Gasteiger partial charge in [0, 0.05) is 12.6 Å². The van der Waals surface area contributed by atoms with Crippen LogP contribution in [-0.2, 0) is 6.54 Å². The van der Waals surface area contributed by atoms with Gasteiger partial charge in [-0.25, -0.2) is 0 Å². The zero-order chi connectivity index (χ0) is 13.8. The zero-order valence-corrected chi connectivity index (χ0v) is 15.7. The maximum Gasteiger partial charge on any atom is 0.143 e. The normalized spacial score (nSPS) is 16.2. The van der Waals surface area contributed by atoms with Crippen LogP contribution in [-0.4, -0.2) is 22.6 Å². The Labute approximate surface area is 144 Å². The first kappa shape index (κ1) is 18.3. The lowest BCUT2D eigenvalue weighted by Gasteiger charge is -2.33. The van der Waals surface area contributed by atoms with Gasteiger partial charge in [-0.3, -0.25) is 4.90 Å². The Kier molecular flexibility index (Phi) is 7.88. The second-order valence-corrected chi connectivity index (χ2v) is 6.97. The maximum absolute atomic E-state index is 9.76. The molecule has 2 nitrogen and oxygen atoms in total. The lowest BCUT2D eigenvalue weighted by Crippen LogP contribution is -2.36. The van der Waals surface area contributed by atoms with Gasteiger partial charge in [-0.15, -0.1) is 12.4 Å². The third-order valence-electron chi connectivity index (χ3n) is 3.96. The largest absolute Gasteiger partial charge is 0.506 e. The van der Waals surface area contributed by atoms with E-state index in [1.165, 1.54) is 37.7 Å². The number of hydrogen-bond donors (Lipinski definition) is 1. The molecule has 0 saturated heterocycles. The second kappa shape index (κ2) is 8.62. The fourth-order valence-corrected chi connectivity index (χ4v) is 4.17. The van der Waals surface area contributed by atoms with Gasteiger partial charge in [0.25, 0.3) is 0 Å². The molecule has 0 bridgehead atoms. The van der Waals surface area contributed by atoms with Crippen LogP contribution in [0.2, 0.25) is 0 Å². The number of phenols is 1. The van der Waals surface area contributed by atoms with Crippen LogP contribution in [0.5, 0.6) is 5.75 Å². The molecule has 1 saturated carbocycles. The molecule has 1 aromatic carbocycles. The van der Waals surface area contributed by atoms with Crippen LogP contribution in [0.3, 0.4) is 0 Å². The van der Waals surface area contributed by atoms with E-state index in [9.17, 15) is 5.11 Å². The van der Waals surface area contributed by atoms with Crippen molar-refractivity contribution in [3.63, 3.8) is 0 Å². The number of hydrogen-bond acceptors (Lipinski definition) is 2. The van der Waals surface area contributed by atoms with E-state index in [2.05, 4.69) is 43.7 Å². The molecule has 0 unspecified atom stereocenters. The number of halogens is 3. The Morgan fingerprint density at radius 1 is 1.15 bits per heavy atom. The van der Waals surface area contributed by atoms with E-state index in [0.29, 0.717) is 0 Å². The third-order valence-corrected chi connectivity index (χ3v) is 5.17. The summed E-state index contributed by atoms with van der Waals surface area (Å²) < 4.78 is 1.52. The lowest BCUT2D eigenvalue weighted by atomic mass is 9.94. The van der Waals surface area contributed by atoms with Gasteiger partial charge in [0.1, 0.15) is 5.75 Å². The summed E-state index contributed by atoms with van der Waals surface area (Å²) in [4.78, 5) is 2.56. The Morgan fingerprint density at radius 2 is 1.70 bits per heavy atom. The fraction of sp³-hybridized carbons (Fsp3) is 0.600. The molecule has 5 heteroatoms. The zero-order valence-electron chi connectivity index (χ0n) is 11.7. The maximum atomic E-state index is 9.76. The number of aromatic hydroxyl groups is 1. The summed E-state index contributed by atoms with van der Waals surface area (Å²) in [5.74, 6) is 0.282. The van der Waals surface area contributed by atoms with Gasteiger partial charge in [-0.2, -0.15) is 0 Å². The van der Waals surface area contributed by atoms with Gasteiger partial charge in [0.15, 0.2) is 0 Å². The molecule has 1 N–H and O–H groups in total. The van der Waals surface area contributed by atoms with Gasteiger partial charge in [0.2, 0.25) is 0 Å². The first-order chi connectivity index (χ1) is 9.11. The minimum absolute atomic E-state index is 0. The van der Waals surface area contributed by atoms with Crippen LogP contribution in [0.1, 0.15) is 44.6 Å². The number of phenolic OH excluding ortho intramolecular Hbond substituents is 1. The Morgan fingerprint density at radius 3 is 2.20 bits per heavy atom. The molecular weight excluding hydrogens is 405 g/mol. The van der Waals surface area contributed by atoms with Crippen molar-refractivity contribution in [2.24, 2.45) is 0 Å². The molecule has 2 rings (SSSR count). The van der Waals surface area contributed by atoms with Crippen molar-refractivity contribution >= 4 is 44.3 Å². The van der Waals surface area contributed by atoms with E-state index in [-0.39, 0.29) is 18.2 Å². The molecule has 0 amide bonds. The molecule has 20 heavy (non-hydrogen) atoms. The molecule has 114 valence electrons. The molecule has 0 radical (unpaired) electrons.